The molecule has 0 spiro atoms. The van der Waals surface area contributed by atoms with E-state index < -0.39 is 11.2 Å². The molecule has 37 heavy (non-hydrogen) atoms. The van der Waals surface area contributed by atoms with Crippen LogP contribution in [-0.4, -0.2) is 24.3 Å². The van der Waals surface area contributed by atoms with E-state index in [1.54, 1.807) is 54.5 Å². The van der Waals surface area contributed by atoms with Gasteiger partial charge in [-0.25, -0.2) is 14.3 Å². The van der Waals surface area contributed by atoms with Crippen molar-refractivity contribution in [1.82, 2.24) is 24.3 Å². The van der Waals surface area contributed by atoms with Crippen LogP contribution < -0.4 is 16.0 Å². The maximum atomic E-state index is 13.5. The molecule has 0 saturated heterocycles. The Labute approximate surface area is 215 Å². The third-order valence-electron chi connectivity index (χ3n) is 6.17. The number of rotatable bonds is 5. The molecule has 0 aliphatic heterocycles. The number of aromatic amines is 1. The summed E-state index contributed by atoms with van der Waals surface area (Å²) in [5.41, 5.74) is 1.48. The summed E-state index contributed by atoms with van der Waals surface area (Å²) >= 11 is 6.50. The SMILES string of the molecule is Cn1cnc(COc2ccc(Cl)c(-c3ccc4c(=O)n(-c5cccc6ccccc56)c(=O)[nH]c4c3)c2)n1. The number of ether oxygens (including phenoxy) is 1. The summed E-state index contributed by atoms with van der Waals surface area (Å²) in [6.45, 7) is 0.209. The molecule has 4 aromatic carbocycles. The standard InChI is InChI=1S/C28H20ClN5O3/c1-33-16-30-26(32-33)15-37-19-10-12-23(29)22(14-19)18-9-11-21-24(13-18)31-28(36)34(27(21)35)25-8-4-6-17-5-2-3-7-20(17)25/h2-14,16H,15H2,1H3,(H,31,36). The molecule has 0 aliphatic carbocycles. The summed E-state index contributed by atoms with van der Waals surface area (Å²) in [7, 11) is 1.79. The van der Waals surface area contributed by atoms with Crippen LogP contribution in [0.4, 0.5) is 0 Å². The molecule has 0 unspecified atom stereocenters. The zero-order valence-corrected chi connectivity index (χ0v) is 20.4. The minimum Gasteiger partial charge on any atom is -0.486 e. The number of fused-ring (bicyclic) bond motifs is 2. The molecule has 0 bridgehead atoms. The Morgan fingerprint density at radius 2 is 1.78 bits per heavy atom. The maximum Gasteiger partial charge on any atom is 0.333 e. The molecule has 1 N–H and O–H groups in total. The average molecular weight is 510 g/mol. The molecular formula is C28H20ClN5O3. The van der Waals surface area contributed by atoms with E-state index in [1.807, 2.05) is 42.5 Å². The van der Waals surface area contributed by atoms with Crippen molar-refractivity contribution in [2.75, 3.05) is 0 Å². The van der Waals surface area contributed by atoms with Gasteiger partial charge in [-0.3, -0.25) is 9.48 Å². The van der Waals surface area contributed by atoms with E-state index in [4.69, 9.17) is 16.3 Å². The van der Waals surface area contributed by atoms with Crippen molar-refractivity contribution in [1.29, 1.82) is 0 Å². The van der Waals surface area contributed by atoms with Crippen molar-refractivity contribution in [2.45, 2.75) is 6.61 Å². The summed E-state index contributed by atoms with van der Waals surface area (Å²) in [5, 5.41) is 6.87. The normalized spacial score (nSPS) is 11.3. The Bertz CT molecular complexity index is 1920. The van der Waals surface area contributed by atoms with E-state index in [0.717, 1.165) is 16.3 Å². The second-order valence-electron chi connectivity index (χ2n) is 8.59. The first kappa shape index (κ1) is 22.8. The van der Waals surface area contributed by atoms with Crippen LogP contribution in [0.5, 0.6) is 5.75 Å². The van der Waals surface area contributed by atoms with E-state index >= 15 is 0 Å². The lowest BCUT2D eigenvalue weighted by atomic mass is 10.0. The van der Waals surface area contributed by atoms with Gasteiger partial charge in [0.05, 0.1) is 16.6 Å². The Hall–Kier alpha value is -4.69. The van der Waals surface area contributed by atoms with Gasteiger partial charge in [-0.2, -0.15) is 5.10 Å². The third-order valence-corrected chi connectivity index (χ3v) is 6.50. The third kappa shape index (κ3) is 4.17. The average Bonchev–Trinajstić information content (AvgIpc) is 3.33. The number of aromatic nitrogens is 5. The fourth-order valence-electron chi connectivity index (χ4n) is 4.42. The van der Waals surface area contributed by atoms with Gasteiger partial charge in [0, 0.05) is 23.0 Å². The van der Waals surface area contributed by atoms with Crippen LogP contribution in [0.25, 0.3) is 38.5 Å². The summed E-state index contributed by atoms with van der Waals surface area (Å²) in [5.74, 6) is 1.15. The summed E-state index contributed by atoms with van der Waals surface area (Å²) in [6, 6.07) is 23.7. The van der Waals surface area contributed by atoms with Gasteiger partial charge in [0.2, 0.25) is 0 Å². The van der Waals surface area contributed by atoms with Gasteiger partial charge in [-0.05, 0) is 47.3 Å². The van der Waals surface area contributed by atoms with Crippen molar-refractivity contribution in [3.8, 4) is 22.6 Å². The number of benzene rings is 4. The summed E-state index contributed by atoms with van der Waals surface area (Å²) < 4.78 is 8.63. The van der Waals surface area contributed by atoms with E-state index in [0.29, 0.717) is 38.8 Å². The van der Waals surface area contributed by atoms with Crippen LogP contribution in [0.2, 0.25) is 5.02 Å². The van der Waals surface area contributed by atoms with Gasteiger partial charge in [-0.15, -0.1) is 0 Å². The molecular weight excluding hydrogens is 490 g/mol. The summed E-state index contributed by atoms with van der Waals surface area (Å²) in [4.78, 5) is 33.6. The van der Waals surface area contributed by atoms with Crippen LogP contribution >= 0.6 is 11.6 Å². The first-order chi connectivity index (χ1) is 18.0. The van der Waals surface area contributed by atoms with Crippen LogP contribution in [0.3, 0.4) is 0 Å². The molecule has 0 aliphatic rings. The smallest absolute Gasteiger partial charge is 0.333 e. The Balaban J connectivity index is 1.41. The second-order valence-corrected chi connectivity index (χ2v) is 9.00. The highest BCUT2D eigenvalue weighted by atomic mass is 35.5. The van der Waals surface area contributed by atoms with Gasteiger partial charge < -0.3 is 9.72 Å². The zero-order valence-electron chi connectivity index (χ0n) is 19.7. The summed E-state index contributed by atoms with van der Waals surface area (Å²) in [6.07, 6.45) is 1.61. The molecule has 9 heteroatoms. The number of aryl methyl sites for hydroxylation is 1. The Kier molecular flexibility index (Phi) is 5.58. The minimum absolute atomic E-state index is 0.209. The zero-order chi connectivity index (χ0) is 25.5. The highest BCUT2D eigenvalue weighted by Gasteiger charge is 2.14. The van der Waals surface area contributed by atoms with Crippen molar-refractivity contribution >= 4 is 33.3 Å². The molecule has 0 atom stereocenters. The van der Waals surface area contributed by atoms with E-state index in [9.17, 15) is 9.59 Å². The van der Waals surface area contributed by atoms with Crippen molar-refractivity contribution in [2.24, 2.45) is 7.05 Å². The van der Waals surface area contributed by atoms with Gasteiger partial charge in [-0.1, -0.05) is 54.1 Å². The van der Waals surface area contributed by atoms with Gasteiger partial charge in [0.15, 0.2) is 5.82 Å². The first-order valence-electron chi connectivity index (χ1n) is 11.5. The number of hydrogen-bond donors (Lipinski definition) is 1. The van der Waals surface area contributed by atoms with Crippen molar-refractivity contribution in [3.05, 3.63) is 117 Å². The fourth-order valence-corrected chi connectivity index (χ4v) is 4.65. The molecule has 0 amide bonds. The monoisotopic (exact) mass is 509 g/mol. The molecule has 182 valence electrons. The van der Waals surface area contributed by atoms with Crippen LogP contribution in [0.15, 0.2) is 94.8 Å². The molecule has 8 nitrogen and oxygen atoms in total. The molecule has 0 saturated carbocycles. The number of H-pyrrole nitrogens is 1. The molecule has 6 rings (SSSR count). The van der Waals surface area contributed by atoms with Crippen molar-refractivity contribution < 1.29 is 4.74 Å². The number of halogens is 1. The van der Waals surface area contributed by atoms with Crippen LogP contribution in [-0.2, 0) is 13.7 Å². The van der Waals surface area contributed by atoms with Gasteiger partial charge in [0.1, 0.15) is 18.7 Å². The predicted octanol–water partition coefficient (Wildman–Crippen LogP) is 4.86. The molecule has 2 aromatic heterocycles. The van der Waals surface area contributed by atoms with Crippen LogP contribution in [0, 0.1) is 0 Å². The van der Waals surface area contributed by atoms with Crippen LogP contribution in [0.1, 0.15) is 5.82 Å². The lowest BCUT2D eigenvalue weighted by molar-refractivity contribution is 0.295. The molecule has 0 fully saturated rings. The van der Waals surface area contributed by atoms with Gasteiger partial charge >= 0.3 is 5.69 Å². The number of nitrogens with one attached hydrogen (secondary N) is 1. The fraction of sp³-hybridized carbons (Fsp3) is 0.0714. The quantitative estimate of drug-likeness (QED) is 0.358. The largest absolute Gasteiger partial charge is 0.486 e. The highest BCUT2D eigenvalue weighted by Crippen LogP contribution is 2.33. The van der Waals surface area contributed by atoms with E-state index in [-0.39, 0.29) is 6.61 Å². The van der Waals surface area contributed by atoms with E-state index in [1.165, 1.54) is 4.57 Å². The lowest BCUT2D eigenvalue weighted by Gasteiger charge is -2.12. The Morgan fingerprint density at radius 3 is 2.62 bits per heavy atom. The lowest BCUT2D eigenvalue weighted by Crippen LogP contribution is -2.33. The number of nitrogens with zero attached hydrogens (tertiary/aromatic N) is 4. The molecule has 0 radical (unpaired) electrons. The van der Waals surface area contributed by atoms with E-state index in [2.05, 4.69) is 15.1 Å². The number of hydrogen-bond acceptors (Lipinski definition) is 5. The maximum absolute atomic E-state index is 13.5. The Morgan fingerprint density at radius 1 is 0.946 bits per heavy atom. The molecule has 2 heterocycles. The van der Waals surface area contributed by atoms with Gasteiger partial charge in [0.25, 0.3) is 5.56 Å². The minimum atomic E-state index is -0.517. The topological polar surface area (TPSA) is 94.8 Å². The predicted molar refractivity (Wildman–Crippen MR) is 143 cm³/mol. The first-order valence-corrected chi connectivity index (χ1v) is 11.9. The second kappa shape index (κ2) is 9.07. The highest BCUT2D eigenvalue weighted by molar-refractivity contribution is 6.33. The van der Waals surface area contributed by atoms with Crippen molar-refractivity contribution in [3.63, 3.8) is 0 Å². The molecule has 6 aromatic rings.